The number of rotatable bonds is 25. The van der Waals surface area contributed by atoms with Gasteiger partial charge >= 0.3 is 0 Å². The predicted octanol–water partition coefficient (Wildman–Crippen LogP) is 4.65. The lowest BCUT2D eigenvalue weighted by Crippen LogP contribution is -2.44. The fraction of sp³-hybridized carbons (Fsp3) is 0.469. The number of nitrogens with one attached hydrogen (secondary N) is 4. The number of ketones is 2. The van der Waals surface area contributed by atoms with E-state index in [0.717, 1.165) is 24.2 Å². The number of methoxy groups -OCH3 is 1. The Hall–Kier alpha value is -7.09. The van der Waals surface area contributed by atoms with Crippen molar-refractivity contribution < 1.29 is 47.8 Å². The van der Waals surface area contributed by atoms with Crippen LogP contribution in [0.2, 0.25) is 5.02 Å². The minimum Gasteiger partial charge on any atom is -0.494 e. The van der Waals surface area contributed by atoms with Crippen LogP contribution in [0, 0.1) is 5.92 Å². The zero-order valence-corrected chi connectivity index (χ0v) is 40.9. The molecule has 6 rings (SSSR count). The molecule has 2 aromatic heterocycles. The highest BCUT2D eigenvalue weighted by molar-refractivity contribution is 6.33. The largest absolute Gasteiger partial charge is 0.494 e. The molecule has 1 saturated heterocycles. The molecule has 1 fully saturated rings. The van der Waals surface area contributed by atoms with Crippen LogP contribution in [0.25, 0.3) is 10.9 Å². The average Bonchev–Trinajstić information content (AvgIpc) is 3.60. The Kier molecular flexibility index (Phi) is 18.3. The number of pyridine rings is 1. The maximum Gasteiger partial charge on any atom is 0.293 e. The first-order valence-corrected chi connectivity index (χ1v) is 23.8. The van der Waals surface area contributed by atoms with E-state index in [1.807, 2.05) is 11.8 Å². The molecule has 374 valence electrons. The van der Waals surface area contributed by atoms with Gasteiger partial charge in [-0.15, -0.1) is 0 Å². The summed E-state index contributed by atoms with van der Waals surface area (Å²) in [4.78, 5) is 114. The number of Topliss-reactive ketones (excluding diaryl/α,β-unsaturated/α-hetero) is 2. The molecule has 4 N–H and O–H groups in total. The van der Waals surface area contributed by atoms with Crippen LogP contribution >= 0.6 is 11.6 Å². The summed E-state index contributed by atoms with van der Waals surface area (Å²) in [5.74, 6) is -1.47. The number of benzene rings is 2. The SMILES string of the molecule is CCCC(=O)CCC(C(C)=O)N1C(=O)c2cccc(OCC(=O)NCCCCCCNC(=O)C3CCN(c4ncc(Cl)c(Nc5cc(OC)c6c(c5)cc(OCC(=O)NC)c(=O)n6C)n4)CC3)c2C1=O. The van der Waals surface area contributed by atoms with E-state index in [-0.39, 0.29) is 77.2 Å². The third-order valence-electron chi connectivity index (χ3n) is 12.2. The van der Waals surface area contributed by atoms with Gasteiger partial charge in [0, 0.05) is 76.2 Å². The second kappa shape index (κ2) is 24.5. The maximum absolute atomic E-state index is 13.5. The average molecular weight is 987 g/mol. The lowest BCUT2D eigenvalue weighted by molar-refractivity contribution is -0.126. The molecular weight excluding hydrogens is 926 g/mol. The number of aromatic nitrogens is 3. The van der Waals surface area contributed by atoms with E-state index in [1.54, 1.807) is 31.3 Å². The van der Waals surface area contributed by atoms with Crippen LogP contribution in [0.5, 0.6) is 17.2 Å². The summed E-state index contributed by atoms with van der Waals surface area (Å²) in [7, 11) is 4.56. The number of halogens is 1. The number of piperidine rings is 1. The Morgan fingerprint density at radius 1 is 0.871 bits per heavy atom. The van der Waals surface area contributed by atoms with E-state index in [2.05, 4.69) is 26.3 Å². The van der Waals surface area contributed by atoms with E-state index >= 15 is 0 Å². The number of aryl methyl sites for hydroxylation is 1. The lowest BCUT2D eigenvalue weighted by atomic mass is 9.96. The van der Waals surface area contributed by atoms with Crippen molar-refractivity contribution in [2.75, 3.05) is 63.8 Å². The van der Waals surface area contributed by atoms with Crippen molar-refractivity contribution in [2.45, 2.75) is 84.1 Å². The number of carbonyl (C=O) groups excluding carboxylic acids is 7. The van der Waals surface area contributed by atoms with Gasteiger partial charge in [0.1, 0.15) is 22.3 Å². The van der Waals surface area contributed by atoms with Crippen molar-refractivity contribution in [3.8, 4) is 17.2 Å². The Bertz CT molecular complexity index is 2690. The van der Waals surface area contributed by atoms with Gasteiger partial charge in [0.2, 0.25) is 11.9 Å². The standard InChI is InChI=1S/C49H60ClN9O11/c1-6-12-33(61)15-16-36(29(2)60)59-46(65)34-13-11-14-37(42(34)48(59)67)69-28-41(63)52-19-9-7-8-10-20-53-45(64)30-17-21-58(22-18-30)49-54-26-35(50)44(56-49)55-32-23-31-24-39(70-27-40(62)51-3)47(66)57(4)43(31)38(25-32)68-5/h11,13-14,23-26,30,36H,6-10,12,15-22,27-28H2,1-5H3,(H,51,62)(H,52,63)(H,53,64)(H,54,55,56). The highest BCUT2D eigenvalue weighted by Gasteiger charge is 2.43. The number of unbranched alkanes of at least 4 members (excludes halogenated alkanes) is 3. The van der Waals surface area contributed by atoms with Gasteiger partial charge in [0.15, 0.2) is 30.6 Å². The Morgan fingerprint density at radius 3 is 2.26 bits per heavy atom. The quantitative estimate of drug-likeness (QED) is 0.0521. The molecule has 0 bridgehead atoms. The maximum atomic E-state index is 13.5. The summed E-state index contributed by atoms with van der Waals surface area (Å²) in [5.41, 5.74) is 0.723. The summed E-state index contributed by atoms with van der Waals surface area (Å²) in [5, 5.41) is 12.4. The van der Waals surface area contributed by atoms with Crippen molar-refractivity contribution in [2.24, 2.45) is 13.0 Å². The number of fused-ring (bicyclic) bond motifs is 2. The van der Waals surface area contributed by atoms with Gasteiger partial charge < -0.3 is 44.9 Å². The van der Waals surface area contributed by atoms with Crippen LogP contribution in [-0.4, -0.2) is 120 Å². The molecule has 0 radical (unpaired) electrons. The Labute approximate surface area is 410 Å². The molecular formula is C49H60ClN9O11. The number of hydrogen-bond donors (Lipinski definition) is 4. The zero-order valence-electron chi connectivity index (χ0n) is 40.1. The van der Waals surface area contributed by atoms with Crippen molar-refractivity contribution in [1.82, 2.24) is 35.4 Å². The van der Waals surface area contributed by atoms with Crippen molar-refractivity contribution >= 4 is 81.1 Å². The molecule has 2 aliphatic heterocycles. The summed E-state index contributed by atoms with van der Waals surface area (Å²) < 4.78 is 18.2. The van der Waals surface area contributed by atoms with E-state index in [0.29, 0.717) is 92.4 Å². The highest BCUT2D eigenvalue weighted by atomic mass is 35.5. The molecule has 20 nitrogen and oxygen atoms in total. The fourth-order valence-corrected chi connectivity index (χ4v) is 8.60. The van der Waals surface area contributed by atoms with Crippen LogP contribution in [-0.2, 0) is 31.0 Å². The molecule has 0 saturated carbocycles. The summed E-state index contributed by atoms with van der Waals surface area (Å²) in [6, 6.07) is 8.48. The van der Waals surface area contributed by atoms with E-state index < -0.39 is 35.1 Å². The molecule has 1 atom stereocenters. The van der Waals surface area contributed by atoms with E-state index in [9.17, 15) is 38.4 Å². The van der Waals surface area contributed by atoms with Crippen LogP contribution in [0.15, 0.2) is 47.4 Å². The lowest BCUT2D eigenvalue weighted by Gasteiger charge is -2.31. The number of likely N-dealkylation sites (N-methyl/N-ethyl adjacent to an activating group) is 1. The molecule has 0 spiro atoms. The monoisotopic (exact) mass is 985 g/mol. The number of ether oxygens (including phenoxy) is 3. The molecule has 2 aliphatic rings. The number of nitrogens with zero attached hydrogens (tertiary/aromatic N) is 5. The minimum absolute atomic E-state index is 0.0000141. The Balaban J connectivity index is 0.894. The van der Waals surface area contributed by atoms with Crippen LogP contribution in [0.1, 0.15) is 98.8 Å². The number of imide groups is 1. The first-order chi connectivity index (χ1) is 33.6. The normalized spacial score (nSPS) is 14.0. The number of anilines is 3. The van der Waals surface area contributed by atoms with Gasteiger partial charge in [-0.05, 0) is 69.7 Å². The number of amides is 5. The summed E-state index contributed by atoms with van der Waals surface area (Å²) in [6.07, 6.45) is 6.99. The first-order valence-electron chi connectivity index (χ1n) is 23.5. The van der Waals surface area contributed by atoms with E-state index in [4.69, 9.17) is 30.8 Å². The van der Waals surface area contributed by atoms with Crippen LogP contribution < -0.4 is 45.9 Å². The second-order valence-electron chi connectivity index (χ2n) is 17.2. The molecule has 70 heavy (non-hydrogen) atoms. The number of hydrogen-bond acceptors (Lipinski definition) is 15. The summed E-state index contributed by atoms with van der Waals surface area (Å²) >= 11 is 6.55. The fourth-order valence-electron chi connectivity index (χ4n) is 8.46. The molecule has 4 heterocycles. The predicted molar refractivity (Wildman–Crippen MR) is 261 cm³/mol. The van der Waals surface area contributed by atoms with Gasteiger partial charge in [-0.1, -0.05) is 37.4 Å². The van der Waals surface area contributed by atoms with Gasteiger partial charge in [0.05, 0.1) is 36.0 Å². The van der Waals surface area contributed by atoms with Crippen molar-refractivity contribution in [1.29, 1.82) is 0 Å². The van der Waals surface area contributed by atoms with Crippen molar-refractivity contribution in [3.63, 3.8) is 0 Å². The highest BCUT2D eigenvalue weighted by Crippen LogP contribution is 2.35. The molecule has 0 aliphatic carbocycles. The molecule has 1 unspecified atom stereocenters. The van der Waals surface area contributed by atoms with Gasteiger partial charge in [-0.2, -0.15) is 4.98 Å². The smallest absolute Gasteiger partial charge is 0.293 e. The molecule has 4 aromatic rings. The topological polar surface area (TPSA) is 250 Å². The number of carbonyl (C=O) groups is 7. The van der Waals surface area contributed by atoms with E-state index in [1.165, 1.54) is 44.0 Å². The molecule has 2 aromatic carbocycles. The summed E-state index contributed by atoms with van der Waals surface area (Å²) in [6.45, 7) is 4.50. The molecule has 5 amide bonds. The van der Waals surface area contributed by atoms with Crippen LogP contribution in [0.3, 0.4) is 0 Å². The van der Waals surface area contributed by atoms with Crippen molar-refractivity contribution in [3.05, 3.63) is 69.1 Å². The van der Waals surface area contributed by atoms with Gasteiger partial charge in [0.25, 0.3) is 29.2 Å². The third-order valence-corrected chi connectivity index (χ3v) is 12.5. The molecule has 21 heteroatoms. The van der Waals surface area contributed by atoms with Gasteiger partial charge in [-0.25, -0.2) is 4.98 Å². The van der Waals surface area contributed by atoms with Gasteiger partial charge in [-0.3, -0.25) is 43.3 Å². The minimum atomic E-state index is -1.08. The third kappa shape index (κ3) is 12.8. The zero-order chi connectivity index (χ0) is 50.5. The van der Waals surface area contributed by atoms with Crippen LogP contribution in [0.4, 0.5) is 17.5 Å². The second-order valence-corrected chi connectivity index (χ2v) is 17.6. The Morgan fingerprint density at radius 2 is 1.57 bits per heavy atom. The first kappa shape index (κ1) is 52.3.